The van der Waals surface area contributed by atoms with Gasteiger partial charge in [-0.25, -0.2) is 4.39 Å². The highest BCUT2D eigenvalue weighted by atomic mass is 35.5. The van der Waals surface area contributed by atoms with Gasteiger partial charge in [0.05, 0.1) is 0 Å². The van der Waals surface area contributed by atoms with Gasteiger partial charge in [0, 0.05) is 17.1 Å². The second-order valence-corrected chi connectivity index (χ2v) is 4.47. The van der Waals surface area contributed by atoms with Crippen LogP contribution < -0.4 is 5.32 Å². The van der Waals surface area contributed by atoms with E-state index in [1.54, 1.807) is 6.07 Å². The molecule has 16 heavy (non-hydrogen) atoms. The molecule has 90 valence electrons. The van der Waals surface area contributed by atoms with E-state index in [1.165, 1.54) is 12.1 Å². The zero-order valence-corrected chi connectivity index (χ0v) is 10.8. The Labute approximate surface area is 102 Å². The van der Waals surface area contributed by atoms with Gasteiger partial charge in [-0.1, -0.05) is 31.5 Å². The summed E-state index contributed by atoms with van der Waals surface area (Å²) in [6, 6.07) is 5.19. The van der Waals surface area contributed by atoms with Crippen molar-refractivity contribution in [2.24, 2.45) is 0 Å². The first kappa shape index (κ1) is 13.5. The maximum absolute atomic E-state index is 12.9. The molecule has 0 bridgehead atoms. The van der Waals surface area contributed by atoms with Crippen LogP contribution >= 0.6 is 11.6 Å². The molecule has 0 radical (unpaired) electrons. The Kier molecular flexibility index (Phi) is 5.23. The number of halogens is 2. The Hall–Kier alpha value is -0.600. The fourth-order valence-corrected chi connectivity index (χ4v) is 2.15. The first-order valence-corrected chi connectivity index (χ1v) is 6.17. The van der Waals surface area contributed by atoms with Crippen molar-refractivity contribution in [3.8, 4) is 0 Å². The minimum Gasteiger partial charge on any atom is -0.307 e. The summed E-state index contributed by atoms with van der Waals surface area (Å²) in [4.78, 5) is 0. The first-order chi connectivity index (χ1) is 7.58. The monoisotopic (exact) mass is 243 g/mol. The molecular weight excluding hydrogens is 225 g/mol. The van der Waals surface area contributed by atoms with Gasteiger partial charge in [-0.15, -0.1) is 0 Å². The molecular formula is C13H19ClFN. The average molecular weight is 244 g/mol. The van der Waals surface area contributed by atoms with Gasteiger partial charge in [0.25, 0.3) is 0 Å². The lowest BCUT2D eigenvalue weighted by molar-refractivity contribution is 0.432. The van der Waals surface area contributed by atoms with E-state index in [0.717, 1.165) is 18.4 Å². The molecule has 0 aliphatic heterocycles. The van der Waals surface area contributed by atoms with E-state index >= 15 is 0 Å². The molecule has 0 amide bonds. The van der Waals surface area contributed by atoms with E-state index in [2.05, 4.69) is 26.1 Å². The predicted octanol–water partition coefficient (Wildman–Crippen LogP) is 4.32. The molecule has 0 spiro atoms. The molecule has 0 aromatic heterocycles. The highest BCUT2D eigenvalue weighted by molar-refractivity contribution is 6.31. The summed E-state index contributed by atoms with van der Waals surface area (Å²) in [5.74, 6) is -0.288. The summed E-state index contributed by atoms with van der Waals surface area (Å²) in [7, 11) is 0. The standard InChI is InChI=1S/C13H19ClFN/c1-4-11(5-2)16-9(3)12-7-6-10(15)8-13(12)14/h6-9,11,16H,4-5H2,1-3H3. The van der Waals surface area contributed by atoms with Crippen molar-refractivity contribution in [2.45, 2.75) is 45.7 Å². The van der Waals surface area contributed by atoms with Gasteiger partial charge in [-0.05, 0) is 37.5 Å². The zero-order chi connectivity index (χ0) is 12.1. The quantitative estimate of drug-likeness (QED) is 0.812. The second kappa shape index (κ2) is 6.21. The summed E-state index contributed by atoms with van der Waals surface area (Å²) in [6.07, 6.45) is 2.17. The van der Waals surface area contributed by atoms with Crippen molar-refractivity contribution in [3.63, 3.8) is 0 Å². The largest absolute Gasteiger partial charge is 0.307 e. The van der Waals surface area contributed by atoms with E-state index in [0.29, 0.717) is 11.1 Å². The van der Waals surface area contributed by atoms with Crippen LogP contribution in [-0.4, -0.2) is 6.04 Å². The van der Waals surface area contributed by atoms with Crippen molar-refractivity contribution in [3.05, 3.63) is 34.6 Å². The Morgan fingerprint density at radius 1 is 1.31 bits per heavy atom. The summed E-state index contributed by atoms with van der Waals surface area (Å²) in [6.45, 7) is 6.36. The Morgan fingerprint density at radius 3 is 2.44 bits per heavy atom. The van der Waals surface area contributed by atoms with Crippen LogP contribution in [0, 0.1) is 5.82 Å². The first-order valence-electron chi connectivity index (χ1n) is 5.79. The minimum atomic E-state index is -0.288. The second-order valence-electron chi connectivity index (χ2n) is 4.07. The van der Waals surface area contributed by atoms with Crippen molar-refractivity contribution in [1.29, 1.82) is 0 Å². The van der Waals surface area contributed by atoms with Gasteiger partial charge in [0.1, 0.15) is 5.82 Å². The Morgan fingerprint density at radius 2 is 1.94 bits per heavy atom. The highest BCUT2D eigenvalue weighted by Crippen LogP contribution is 2.24. The molecule has 1 atom stereocenters. The smallest absolute Gasteiger partial charge is 0.124 e. The van der Waals surface area contributed by atoms with Crippen LogP contribution in [0.3, 0.4) is 0 Å². The normalized spacial score (nSPS) is 13.1. The number of nitrogens with one attached hydrogen (secondary N) is 1. The van der Waals surface area contributed by atoms with Gasteiger partial charge in [0.2, 0.25) is 0 Å². The number of rotatable bonds is 5. The van der Waals surface area contributed by atoms with E-state index in [4.69, 9.17) is 11.6 Å². The van der Waals surface area contributed by atoms with Crippen LogP contribution in [0.4, 0.5) is 4.39 Å². The molecule has 0 saturated carbocycles. The molecule has 1 nitrogen and oxygen atoms in total. The SMILES string of the molecule is CCC(CC)NC(C)c1ccc(F)cc1Cl. The fraction of sp³-hybridized carbons (Fsp3) is 0.538. The average Bonchev–Trinajstić information content (AvgIpc) is 2.25. The van der Waals surface area contributed by atoms with Crippen LogP contribution in [0.25, 0.3) is 0 Å². The molecule has 1 rings (SSSR count). The number of hydrogen-bond acceptors (Lipinski definition) is 1. The summed E-state index contributed by atoms with van der Waals surface area (Å²) < 4.78 is 12.9. The van der Waals surface area contributed by atoms with Crippen LogP contribution in [0.2, 0.25) is 5.02 Å². The van der Waals surface area contributed by atoms with E-state index < -0.39 is 0 Å². The zero-order valence-electron chi connectivity index (χ0n) is 10.1. The molecule has 0 saturated heterocycles. The number of benzene rings is 1. The predicted molar refractivity (Wildman–Crippen MR) is 67.3 cm³/mol. The fourth-order valence-electron chi connectivity index (χ4n) is 1.82. The van der Waals surface area contributed by atoms with Gasteiger partial charge in [0.15, 0.2) is 0 Å². The van der Waals surface area contributed by atoms with Gasteiger partial charge < -0.3 is 5.32 Å². The topological polar surface area (TPSA) is 12.0 Å². The molecule has 1 aromatic carbocycles. The molecule has 0 aliphatic carbocycles. The molecule has 1 unspecified atom stereocenters. The van der Waals surface area contributed by atoms with E-state index in [-0.39, 0.29) is 11.9 Å². The minimum absolute atomic E-state index is 0.151. The molecule has 3 heteroatoms. The summed E-state index contributed by atoms with van der Waals surface area (Å²) in [5, 5.41) is 3.98. The van der Waals surface area contributed by atoms with Crippen molar-refractivity contribution < 1.29 is 4.39 Å². The maximum Gasteiger partial charge on any atom is 0.124 e. The molecule has 0 fully saturated rings. The van der Waals surface area contributed by atoms with Crippen LogP contribution in [0.1, 0.15) is 45.2 Å². The van der Waals surface area contributed by atoms with Crippen molar-refractivity contribution >= 4 is 11.6 Å². The van der Waals surface area contributed by atoms with Gasteiger partial charge in [-0.3, -0.25) is 0 Å². The van der Waals surface area contributed by atoms with Crippen LogP contribution in [-0.2, 0) is 0 Å². The summed E-state index contributed by atoms with van der Waals surface area (Å²) >= 11 is 6.01. The van der Waals surface area contributed by atoms with E-state index in [1.807, 2.05) is 0 Å². The molecule has 1 N–H and O–H groups in total. The lowest BCUT2D eigenvalue weighted by Gasteiger charge is -2.22. The van der Waals surface area contributed by atoms with Crippen LogP contribution in [0.15, 0.2) is 18.2 Å². The third kappa shape index (κ3) is 3.46. The lowest BCUT2D eigenvalue weighted by atomic mass is 10.1. The molecule has 0 aliphatic rings. The van der Waals surface area contributed by atoms with Gasteiger partial charge >= 0.3 is 0 Å². The maximum atomic E-state index is 12.9. The molecule has 0 heterocycles. The van der Waals surface area contributed by atoms with Crippen LogP contribution in [0.5, 0.6) is 0 Å². The Balaban J connectivity index is 2.76. The van der Waals surface area contributed by atoms with E-state index in [9.17, 15) is 4.39 Å². The Bertz CT molecular complexity index is 337. The third-order valence-corrected chi connectivity index (χ3v) is 3.23. The number of hydrogen-bond donors (Lipinski definition) is 1. The van der Waals surface area contributed by atoms with Gasteiger partial charge in [-0.2, -0.15) is 0 Å². The highest BCUT2D eigenvalue weighted by Gasteiger charge is 2.13. The third-order valence-electron chi connectivity index (χ3n) is 2.90. The van der Waals surface area contributed by atoms with Crippen molar-refractivity contribution in [2.75, 3.05) is 0 Å². The summed E-state index contributed by atoms with van der Waals surface area (Å²) in [5.41, 5.74) is 0.954. The lowest BCUT2D eigenvalue weighted by Crippen LogP contribution is -2.30. The molecule has 1 aromatic rings. The van der Waals surface area contributed by atoms with Crippen molar-refractivity contribution in [1.82, 2.24) is 5.32 Å².